The minimum atomic E-state index is -1.24. The fourth-order valence-electron chi connectivity index (χ4n) is 1.81. The second kappa shape index (κ2) is 5.19. The van der Waals surface area contributed by atoms with Crippen molar-refractivity contribution in [2.75, 3.05) is 6.61 Å². The van der Waals surface area contributed by atoms with Crippen molar-refractivity contribution in [1.29, 1.82) is 0 Å². The predicted octanol–water partition coefficient (Wildman–Crippen LogP) is 0.164. The molecule has 0 amide bonds. The summed E-state index contributed by atoms with van der Waals surface area (Å²) in [4.78, 5) is 23.2. The summed E-state index contributed by atoms with van der Waals surface area (Å²) in [5.74, 6) is -0.994. The van der Waals surface area contributed by atoms with Gasteiger partial charge in [-0.05, 0) is 19.8 Å². The van der Waals surface area contributed by atoms with Gasteiger partial charge in [0.25, 0.3) is 5.56 Å². The first kappa shape index (κ1) is 13.2. The predicted molar refractivity (Wildman–Crippen MR) is 64.1 cm³/mol. The van der Waals surface area contributed by atoms with Crippen LogP contribution in [0.4, 0.5) is 0 Å². The summed E-state index contributed by atoms with van der Waals surface area (Å²) in [6, 6.07) is 0. The molecule has 2 aromatic heterocycles. The average Bonchev–Trinajstić information content (AvgIpc) is 2.75. The Hall–Kier alpha value is -2.22. The van der Waals surface area contributed by atoms with Crippen LogP contribution in [0.25, 0.3) is 10.9 Å². The zero-order chi connectivity index (χ0) is 14.0. The molecule has 2 heterocycles. The zero-order valence-corrected chi connectivity index (χ0v) is 10.3. The van der Waals surface area contributed by atoms with Crippen LogP contribution in [0.1, 0.15) is 29.1 Å². The Morgan fingerprint density at radius 2 is 2.16 bits per heavy atom. The fraction of sp³-hybridized carbons (Fsp3) is 0.455. The number of unbranched alkanes of at least 4 members (excludes halogenated alkanes) is 1. The third-order valence-corrected chi connectivity index (χ3v) is 2.74. The third-order valence-electron chi connectivity index (χ3n) is 2.74. The minimum absolute atomic E-state index is 0.00580. The molecule has 2 N–H and O–H groups in total. The quantitative estimate of drug-likeness (QED) is 0.741. The molecule has 19 heavy (non-hydrogen) atoms. The van der Waals surface area contributed by atoms with E-state index in [4.69, 9.17) is 14.7 Å². The van der Waals surface area contributed by atoms with Crippen LogP contribution in [0.2, 0.25) is 0 Å². The molecule has 0 unspecified atom stereocenters. The van der Waals surface area contributed by atoms with Crippen LogP contribution in [0.5, 0.6) is 0 Å². The van der Waals surface area contributed by atoms with Crippen LogP contribution < -0.4 is 5.56 Å². The number of aryl methyl sites for hydroxylation is 2. The molecule has 0 saturated heterocycles. The molecule has 0 fully saturated rings. The summed E-state index contributed by atoms with van der Waals surface area (Å²) >= 11 is 0. The van der Waals surface area contributed by atoms with Crippen molar-refractivity contribution in [3.05, 3.63) is 21.8 Å². The van der Waals surface area contributed by atoms with Crippen molar-refractivity contribution in [2.24, 2.45) is 0 Å². The zero-order valence-electron chi connectivity index (χ0n) is 10.3. The third kappa shape index (κ3) is 2.34. The molecule has 0 aliphatic heterocycles. The molecule has 0 atom stereocenters. The van der Waals surface area contributed by atoms with Crippen LogP contribution in [0.15, 0.2) is 9.32 Å². The summed E-state index contributed by atoms with van der Waals surface area (Å²) in [5.41, 5.74) is -0.777. The molecule has 2 rings (SSSR count). The van der Waals surface area contributed by atoms with E-state index in [2.05, 4.69) is 10.3 Å². The highest BCUT2D eigenvalue weighted by Gasteiger charge is 2.21. The highest BCUT2D eigenvalue weighted by Crippen LogP contribution is 2.17. The summed E-state index contributed by atoms with van der Waals surface area (Å²) in [5, 5.41) is 25.4. The fourth-order valence-corrected chi connectivity index (χ4v) is 1.81. The molecule has 0 spiro atoms. The first-order valence-corrected chi connectivity index (χ1v) is 5.77. The first-order valence-electron chi connectivity index (χ1n) is 5.77. The minimum Gasteiger partial charge on any atom is -0.476 e. The SMILES string of the molecule is Cc1onc2c(=O)n(CCCCO)nc(C(=O)O)c12. The molecule has 0 aliphatic carbocycles. The van der Waals surface area contributed by atoms with Crippen LogP contribution in [0, 0.1) is 6.92 Å². The molecule has 0 saturated carbocycles. The van der Waals surface area contributed by atoms with Gasteiger partial charge in [0.05, 0.1) is 5.39 Å². The van der Waals surface area contributed by atoms with Gasteiger partial charge in [-0.15, -0.1) is 0 Å². The second-order valence-corrected chi connectivity index (χ2v) is 4.08. The number of aromatic nitrogens is 3. The lowest BCUT2D eigenvalue weighted by Crippen LogP contribution is -2.26. The van der Waals surface area contributed by atoms with Gasteiger partial charge in [0, 0.05) is 13.2 Å². The topological polar surface area (TPSA) is 118 Å². The number of hydrogen-bond donors (Lipinski definition) is 2. The van der Waals surface area contributed by atoms with Crippen LogP contribution in [-0.2, 0) is 6.54 Å². The lowest BCUT2D eigenvalue weighted by atomic mass is 10.2. The molecular weight excluding hydrogens is 254 g/mol. The van der Waals surface area contributed by atoms with E-state index in [0.717, 1.165) is 4.68 Å². The molecule has 8 nitrogen and oxygen atoms in total. The van der Waals surface area contributed by atoms with Gasteiger partial charge < -0.3 is 14.7 Å². The van der Waals surface area contributed by atoms with Crippen molar-refractivity contribution in [3.8, 4) is 0 Å². The van der Waals surface area contributed by atoms with E-state index in [1.54, 1.807) is 0 Å². The van der Waals surface area contributed by atoms with Crippen molar-refractivity contribution in [2.45, 2.75) is 26.3 Å². The van der Waals surface area contributed by atoms with E-state index in [1.807, 2.05) is 0 Å². The Kier molecular flexibility index (Phi) is 3.61. The number of aliphatic hydroxyl groups is 1. The number of carboxylic acids is 1. The lowest BCUT2D eigenvalue weighted by molar-refractivity contribution is 0.0689. The molecule has 0 aromatic carbocycles. The second-order valence-electron chi connectivity index (χ2n) is 4.08. The number of hydrogen-bond acceptors (Lipinski definition) is 6. The molecule has 2 aromatic rings. The van der Waals surface area contributed by atoms with Gasteiger partial charge in [-0.2, -0.15) is 5.10 Å². The van der Waals surface area contributed by atoms with Gasteiger partial charge in [0.1, 0.15) is 5.76 Å². The number of rotatable bonds is 5. The summed E-state index contributed by atoms with van der Waals surface area (Å²) in [6.45, 7) is 1.76. The van der Waals surface area contributed by atoms with Gasteiger partial charge in [-0.3, -0.25) is 4.79 Å². The maximum Gasteiger partial charge on any atom is 0.357 e. The molecule has 0 aliphatic rings. The maximum absolute atomic E-state index is 12.0. The highest BCUT2D eigenvalue weighted by atomic mass is 16.5. The molecular formula is C11H13N3O5. The van der Waals surface area contributed by atoms with Crippen molar-refractivity contribution in [1.82, 2.24) is 14.9 Å². The number of carboxylic acid groups (broad SMARTS) is 1. The number of aliphatic hydroxyl groups excluding tert-OH is 1. The Labute approximate surface area is 107 Å². The summed E-state index contributed by atoms with van der Waals surface area (Å²) in [7, 11) is 0. The molecule has 8 heteroatoms. The number of fused-ring (bicyclic) bond motifs is 1. The van der Waals surface area contributed by atoms with Crippen molar-refractivity contribution in [3.63, 3.8) is 0 Å². The van der Waals surface area contributed by atoms with Gasteiger partial charge in [-0.1, -0.05) is 5.16 Å². The normalized spacial score (nSPS) is 11.1. The van der Waals surface area contributed by atoms with Crippen LogP contribution in [0.3, 0.4) is 0 Å². The van der Waals surface area contributed by atoms with Gasteiger partial charge >= 0.3 is 5.97 Å². The van der Waals surface area contributed by atoms with E-state index in [-0.39, 0.29) is 35.5 Å². The Morgan fingerprint density at radius 1 is 1.42 bits per heavy atom. The van der Waals surface area contributed by atoms with E-state index >= 15 is 0 Å². The van der Waals surface area contributed by atoms with Gasteiger partial charge in [0.2, 0.25) is 0 Å². The summed E-state index contributed by atoms with van der Waals surface area (Å²) in [6.07, 6.45) is 1.03. The lowest BCUT2D eigenvalue weighted by Gasteiger charge is -2.05. The molecule has 0 radical (unpaired) electrons. The van der Waals surface area contributed by atoms with E-state index < -0.39 is 11.5 Å². The first-order chi connectivity index (χ1) is 9.06. The molecule has 102 valence electrons. The number of aromatic carboxylic acids is 1. The maximum atomic E-state index is 12.0. The Morgan fingerprint density at radius 3 is 2.79 bits per heavy atom. The smallest absolute Gasteiger partial charge is 0.357 e. The van der Waals surface area contributed by atoms with E-state index in [0.29, 0.717) is 12.8 Å². The van der Waals surface area contributed by atoms with Crippen molar-refractivity contribution >= 4 is 16.9 Å². The molecule has 0 bridgehead atoms. The van der Waals surface area contributed by atoms with Crippen LogP contribution >= 0.6 is 0 Å². The standard InChI is InChI=1S/C11H13N3O5/c1-6-7-8(13-19-6)10(16)14(4-2-3-5-15)12-9(7)11(17)18/h15H,2-5H2,1H3,(H,17,18). The Bertz CT molecular complexity index is 673. The van der Waals surface area contributed by atoms with Gasteiger partial charge in [-0.25, -0.2) is 9.48 Å². The van der Waals surface area contributed by atoms with Gasteiger partial charge in [0.15, 0.2) is 11.2 Å². The average molecular weight is 267 g/mol. The van der Waals surface area contributed by atoms with Crippen molar-refractivity contribution < 1.29 is 19.5 Å². The van der Waals surface area contributed by atoms with E-state index in [9.17, 15) is 9.59 Å². The van der Waals surface area contributed by atoms with E-state index in [1.165, 1.54) is 6.92 Å². The number of nitrogens with zero attached hydrogens (tertiary/aromatic N) is 3. The number of carbonyl (C=O) groups is 1. The Balaban J connectivity index is 2.57. The monoisotopic (exact) mass is 267 g/mol. The summed E-state index contributed by atoms with van der Waals surface area (Å²) < 4.78 is 5.91. The largest absolute Gasteiger partial charge is 0.476 e. The van der Waals surface area contributed by atoms with Crippen LogP contribution in [-0.4, -0.2) is 37.7 Å². The highest BCUT2D eigenvalue weighted by molar-refractivity contribution is 6.00.